The molecule has 37 heavy (non-hydrogen) atoms. The summed E-state index contributed by atoms with van der Waals surface area (Å²) in [6.07, 6.45) is 7.17. The molecule has 2 fully saturated rings. The van der Waals surface area contributed by atoms with Crippen molar-refractivity contribution in [2.24, 2.45) is 11.8 Å². The molecule has 1 spiro atoms. The fourth-order valence-corrected chi connectivity index (χ4v) is 7.69. The highest BCUT2D eigenvalue weighted by molar-refractivity contribution is 5.73. The molecule has 1 saturated heterocycles. The summed E-state index contributed by atoms with van der Waals surface area (Å²) in [4.78, 5) is 16.7. The normalized spacial score (nSPS) is 26.3. The molecule has 1 aromatic heterocycles. The fourth-order valence-electron chi connectivity index (χ4n) is 7.69. The van der Waals surface area contributed by atoms with E-state index in [2.05, 4.69) is 21.9 Å². The maximum atomic E-state index is 14.2. The Morgan fingerprint density at radius 3 is 2.68 bits per heavy atom. The zero-order chi connectivity index (χ0) is 26.3. The Hall–Kier alpha value is -2.25. The smallest absolute Gasteiger partial charge is 0.321 e. The van der Waals surface area contributed by atoms with Crippen molar-refractivity contribution < 1.29 is 18.8 Å². The molecular weight excluding hydrogens is 469 g/mol. The van der Waals surface area contributed by atoms with Gasteiger partial charge in [0.2, 0.25) is 0 Å². The van der Waals surface area contributed by atoms with Gasteiger partial charge in [0.25, 0.3) is 0 Å². The number of benzene rings is 1. The molecule has 0 unspecified atom stereocenters. The van der Waals surface area contributed by atoms with Crippen molar-refractivity contribution >= 4 is 5.97 Å². The van der Waals surface area contributed by atoms with E-state index >= 15 is 0 Å². The second-order valence-electron chi connectivity index (χ2n) is 12.1. The van der Waals surface area contributed by atoms with E-state index in [1.54, 1.807) is 12.1 Å². The molecule has 1 aromatic carbocycles. The van der Waals surface area contributed by atoms with Crippen LogP contribution >= 0.6 is 0 Å². The van der Waals surface area contributed by atoms with Gasteiger partial charge in [0.15, 0.2) is 0 Å². The second kappa shape index (κ2) is 10.5. The Morgan fingerprint density at radius 2 is 2.03 bits per heavy atom. The topological polar surface area (TPSA) is 69.8 Å². The number of rotatable bonds is 8. The number of carboxylic acids is 1. The lowest BCUT2D eigenvalue weighted by atomic mass is 9.76. The highest BCUT2D eigenvalue weighted by Crippen LogP contribution is 2.48. The van der Waals surface area contributed by atoms with Gasteiger partial charge in [0, 0.05) is 30.0 Å². The number of carboxylic acid groups (broad SMARTS) is 1. The number of hydrogen-bond acceptors (Lipinski definition) is 5. The molecule has 5 rings (SSSR count). The van der Waals surface area contributed by atoms with Gasteiger partial charge in [-0.05, 0) is 94.1 Å². The summed E-state index contributed by atoms with van der Waals surface area (Å²) in [6, 6.07) is 6.68. The molecule has 6 nitrogen and oxygen atoms in total. The first-order chi connectivity index (χ1) is 17.7. The van der Waals surface area contributed by atoms with Gasteiger partial charge in [-0.1, -0.05) is 38.1 Å². The Morgan fingerprint density at radius 1 is 1.27 bits per heavy atom. The van der Waals surface area contributed by atoms with Crippen LogP contribution < -0.4 is 0 Å². The van der Waals surface area contributed by atoms with Gasteiger partial charge < -0.3 is 14.5 Å². The van der Waals surface area contributed by atoms with Crippen LogP contribution in [0, 0.1) is 17.7 Å². The van der Waals surface area contributed by atoms with Crippen molar-refractivity contribution in [2.75, 3.05) is 26.7 Å². The number of aromatic nitrogens is 1. The van der Waals surface area contributed by atoms with Crippen molar-refractivity contribution in [3.05, 3.63) is 52.7 Å². The van der Waals surface area contributed by atoms with E-state index in [0.29, 0.717) is 5.92 Å². The lowest BCUT2D eigenvalue weighted by molar-refractivity contribution is -0.145. The SMILES string of the molecule is CCc1onc2c1CCC21CCN(C[C@H]2C[C@H](N(C)[C@@H](C(=O)O)C(C)C)C[C@@H]2c2cccc(F)c2)CC1. The fraction of sp³-hybridized carbons (Fsp3) is 0.667. The Kier molecular flexibility index (Phi) is 7.47. The predicted octanol–water partition coefficient (Wildman–Crippen LogP) is 5.26. The monoisotopic (exact) mass is 511 g/mol. The van der Waals surface area contributed by atoms with Gasteiger partial charge >= 0.3 is 5.97 Å². The van der Waals surface area contributed by atoms with E-state index in [0.717, 1.165) is 69.5 Å². The largest absolute Gasteiger partial charge is 0.480 e. The van der Waals surface area contributed by atoms with Crippen LogP contribution in [0.4, 0.5) is 4.39 Å². The number of nitrogens with zero attached hydrogens (tertiary/aromatic N) is 3. The molecule has 202 valence electrons. The van der Waals surface area contributed by atoms with Crippen molar-refractivity contribution in [1.82, 2.24) is 15.0 Å². The van der Waals surface area contributed by atoms with Crippen LogP contribution in [0.2, 0.25) is 0 Å². The third-order valence-electron chi connectivity index (χ3n) is 9.70. The molecule has 0 radical (unpaired) electrons. The average Bonchev–Trinajstić information content (AvgIpc) is 3.56. The van der Waals surface area contributed by atoms with Crippen LogP contribution in [0.15, 0.2) is 28.8 Å². The Bertz CT molecular complexity index is 1110. The van der Waals surface area contributed by atoms with Gasteiger partial charge in [-0.3, -0.25) is 9.69 Å². The summed E-state index contributed by atoms with van der Waals surface area (Å²) >= 11 is 0. The molecule has 1 aliphatic heterocycles. The summed E-state index contributed by atoms with van der Waals surface area (Å²) in [7, 11) is 1.96. The van der Waals surface area contributed by atoms with Crippen LogP contribution in [0.5, 0.6) is 0 Å². The summed E-state index contributed by atoms with van der Waals surface area (Å²) in [5, 5.41) is 14.4. The first kappa shape index (κ1) is 26.4. The lowest BCUT2D eigenvalue weighted by Gasteiger charge is -2.40. The third kappa shape index (κ3) is 4.97. The number of piperidine rings is 1. The van der Waals surface area contributed by atoms with Crippen LogP contribution in [-0.4, -0.2) is 64.8 Å². The van der Waals surface area contributed by atoms with Crippen LogP contribution in [0.1, 0.15) is 81.4 Å². The van der Waals surface area contributed by atoms with E-state index in [-0.39, 0.29) is 29.1 Å². The standard InChI is InChI=1S/C30H42FN3O3/c1-5-26-24-9-10-30(28(24)32-37-26)11-13-34(14-12-30)18-21-16-23(33(4)27(19(2)3)29(35)36)17-25(21)20-7-6-8-22(31)15-20/h6-8,15,19,21,23,25,27H,5,9-14,16-18H2,1-4H3,(H,35,36)/t21-,23+,25-,27-/m1/s1. The molecule has 1 N–H and O–H groups in total. The first-order valence-corrected chi connectivity index (χ1v) is 14.1. The molecule has 7 heteroatoms. The molecule has 0 amide bonds. The molecule has 2 heterocycles. The van der Waals surface area contributed by atoms with Crippen LogP contribution in [0.25, 0.3) is 0 Å². The van der Waals surface area contributed by atoms with E-state index in [9.17, 15) is 14.3 Å². The van der Waals surface area contributed by atoms with Gasteiger partial charge in [0.05, 0.1) is 5.69 Å². The second-order valence-corrected chi connectivity index (χ2v) is 12.1. The van der Waals surface area contributed by atoms with Gasteiger partial charge in [-0.15, -0.1) is 0 Å². The minimum atomic E-state index is -0.764. The molecule has 1 saturated carbocycles. The Labute approximate surface area is 220 Å². The highest BCUT2D eigenvalue weighted by Gasteiger charge is 2.46. The maximum Gasteiger partial charge on any atom is 0.321 e. The molecule has 4 atom stereocenters. The van der Waals surface area contributed by atoms with Crippen molar-refractivity contribution in [3.63, 3.8) is 0 Å². The zero-order valence-electron chi connectivity index (χ0n) is 22.8. The van der Waals surface area contributed by atoms with Crippen molar-refractivity contribution in [3.8, 4) is 0 Å². The number of likely N-dealkylation sites (tertiary alicyclic amines) is 1. The predicted molar refractivity (Wildman–Crippen MR) is 141 cm³/mol. The van der Waals surface area contributed by atoms with E-state index < -0.39 is 12.0 Å². The Balaban J connectivity index is 1.30. The van der Waals surface area contributed by atoms with Crippen molar-refractivity contribution in [1.29, 1.82) is 0 Å². The summed E-state index contributed by atoms with van der Waals surface area (Å²) in [5.41, 5.74) is 3.79. The van der Waals surface area contributed by atoms with Gasteiger partial charge in [-0.2, -0.15) is 0 Å². The number of hydrogen-bond donors (Lipinski definition) is 1. The number of likely N-dealkylation sites (N-methyl/N-ethyl adjacent to an activating group) is 1. The number of aryl methyl sites for hydroxylation is 1. The van der Waals surface area contributed by atoms with E-state index in [1.807, 2.05) is 27.0 Å². The minimum Gasteiger partial charge on any atom is -0.480 e. The van der Waals surface area contributed by atoms with Crippen molar-refractivity contribution in [2.45, 2.75) is 89.1 Å². The zero-order valence-corrected chi connectivity index (χ0v) is 22.8. The summed E-state index contributed by atoms with van der Waals surface area (Å²) < 4.78 is 19.9. The van der Waals surface area contributed by atoms with Crippen LogP contribution in [0.3, 0.4) is 0 Å². The average molecular weight is 512 g/mol. The highest BCUT2D eigenvalue weighted by atomic mass is 19.1. The molecule has 3 aliphatic rings. The molecule has 2 aliphatic carbocycles. The molecular formula is C30H42FN3O3. The number of halogens is 1. The van der Waals surface area contributed by atoms with Crippen LogP contribution in [-0.2, 0) is 23.1 Å². The number of aliphatic carboxylic acids is 1. The quantitative estimate of drug-likeness (QED) is 0.521. The van der Waals surface area contributed by atoms with E-state index in [4.69, 9.17) is 4.52 Å². The molecule has 2 aromatic rings. The first-order valence-electron chi connectivity index (χ1n) is 14.1. The lowest BCUT2D eigenvalue weighted by Crippen LogP contribution is -2.47. The number of fused-ring (bicyclic) bond motifs is 2. The molecule has 0 bridgehead atoms. The third-order valence-corrected chi connectivity index (χ3v) is 9.70. The maximum absolute atomic E-state index is 14.2. The summed E-state index contributed by atoms with van der Waals surface area (Å²) in [6.45, 7) is 9.11. The summed E-state index contributed by atoms with van der Waals surface area (Å²) in [5.74, 6) is 0.710. The minimum absolute atomic E-state index is 0.0218. The van der Waals surface area contributed by atoms with Gasteiger partial charge in [-0.25, -0.2) is 4.39 Å². The van der Waals surface area contributed by atoms with Gasteiger partial charge in [0.1, 0.15) is 17.6 Å². The van der Waals surface area contributed by atoms with E-state index in [1.165, 1.54) is 23.7 Å². The number of carbonyl (C=O) groups is 1.